The lowest BCUT2D eigenvalue weighted by Gasteiger charge is -2.23. The number of likely N-dealkylation sites (N-methyl/N-ethyl adjacent to an activating group) is 1. The molecule has 0 fully saturated rings. The van der Waals surface area contributed by atoms with Gasteiger partial charge in [-0.25, -0.2) is 0 Å². The molecule has 0 aliphatic carbocycles. The summed E-state index contributed by atoms with van der Waals surface area (Å²) in [5.41, 5.74) is 1.21. The Kier molecular flexibility index (Phi) is 6.72. The van der Waals surface area contributed by atoms with Crippen molar-refractivity contribution < 1.29 is 14.8 Å². The van der Waals surface area contributed by atoms with Crippen molar-refractivity contribution in [2.24, 2.45) is 0 Å². The second-order valence-electron chi connectivity index (χ2n) is 5.53. The summed E-state index contributed by atoms with van der Waals surface area (Å²) >= 11 is 0. The average molecular weight is 330 g/mol. The highest BCUT2D eigenvalue weighted by Gasteiger charge is 2.12. The number of nitro groups is 1. The molecule has 2 aromatic rings. The largest absolute Gasteiger partial charge is 0.491 e. The van der Waals surface area contributed by atoms with Crippen LogP contribution in [0.25, 0.3) is 0 Å². The molecule has 0 spiro atoms. The molecule has 6 nitrogen and oxygen atoms in total. The Balaban J connectivity index is 1.80. The number of benzene rings is 2. The monoisotopic (exact) mass is 330 g/mol. The lowest BCUT2D eigenvalue weighted by molar-refractivity contribution is -0.384. The van der Waals surface area contributed by atoms with Gasteiger partial charge in [-0.2, -0.15) is 0 Å². The standard InChI is InChI=1S/C18H22N2O4/c1-2-19(12-15-6-4-3-5-7-15)13-17(21)14-24-18-10-8-16(9-11-18)20(22)23/h3-11,17,21H,2,12-14H2,1H3. The molecule has 0 heterocycles. The van der Waals surface area contributed by atoms with Crippen molar-refractivity contribution in [3.63, 3.8) is 0 Å². The van der Waals surface area contributed by atoms with Crippen LogP contribution < -0.4 is 4.74 Å². The molecule has 128 valence electrons. The molecular weight excluding hydrogens is 308 g/mol. The Labute approximate surface area is 141 Å². The Hall–Kier alpha value is -2.44. The highest BCUT2D eigenvalue weighted by molar-refractivity contribution is 5.35. The Morgan fingerprint density at radius 1 is 1.17 bits per heavy atom. The SMILES string of the molecule is CCN(Cc1ccccc1)CC(O)COc1ccc([N+](=O)[O-])cc1. The minimum atomic E-state index is -0.635. The zero-order chi connectivity index (χ0) is 17.4. The molecule has 0 bridgehead atoms. The van der Waals surface area contributed by atoms with Gasteiger partial charge in [0.25, 0.3) is 5.69 Å². The maximum absolute atomic E-state index is 10.6. The molecule has 24 heavy (non-hydrogen) atoms. The fourth-order valence-electron chi connectivity index (χ4n) is 2.35. The number of nitro benzene ring substituents is 1. The van der Waals surface area contributed by atoms with E-state index in [9.17, 15) is 15.2 Å². The summed E-state index contributed by atoms with van der Waals surface area (Å²) in [6.45, 7) is 4.28. The Morgan fingerprint density at radius 3 is 2.42 bits per heavy atom. The van der Waals surface area contributed by atoms with Crippen molar-refractivity contribution >= 4 is 5.69 Å². The number of aliphatic hydroxyl groups is 1. The first-order chi connectivity index (χ1) is 11.6. The van der Waals surface area contributed by atoms with Crippen LogP contribution in [0.1, 0.15) is 12.5 Å². The third-order valence-electron chi connectivity index (χ3n) is 3.66. The van der Waals surface area contributed by atoms with Gasteiger partial charge in [-0.1, -0.05) is 37.3 Å². The Morgan fingerprint density at radius 2 is 1.83 bits per heavy atom. The lowest BCUT2D eigenvalue weighted by Crippen LogP contribution is -2.35. The molecular formula is C18H22N2O4. The van der Waals surface area contributed by atoms with Gasteiger partial charge in [0.1, 0.15) is 18.5 Å². The first-order valence-corrected chi connectivity index (χ1v) is 7.90. The van der Waals surface area contributed by atoms with E-state index in [1.54, 1.807) is 0 Å². The molecule has 1 atom stereocenters. The van der Waals surface area contributed by atoms with Crippen molar-refractivity contribution in [1.29, 1.82) is 0 Å². The second kappa shape index (κ2) is 9.00. The number of ether oxygens (including phenoxy) is 1. The predicted molar refractivity (Wildman–Crippen MR) is 92.0 cm³/mol. The summed E-state index contributed by atoms with van der Waals surface area (Å²) in [4.78, 5) is 12.3. The van der Waals surface area contributed by atoms with E-state index in [-0.39, 0.29) is 12.3 Å². The number of aliphatic hydroxyl groups excluding tert-OH is 1. The average Bonchev–Trinajstić information content (AvgIpc) is 2.60. The van der Waals surface area contributed by atoms with Gasteiger partial charge in [-0.3, -0.25) is 15.0 Å². The van der Waals surface area contributed by atoms with Crippen LogP contribution in [0.4, 0.5) is 5.69 Å². The topological polar surface area (TPSA) is 75.8 Å². The van der Waals surface area contributed by atoms with E-state index >= 15 is 0 Å². The highest BCUT2D eigenvalue weighted by Crippen LogP contribution is 2.17. The molecule has 0 aliphatic heterocycles. The molecule has 0 amide bonds. The van der Waals surface area contributed by atoms with E-state index in [1.165, 1.54) is 29.8 Å². The van der Waals surface area contributed by atoms with Crippen LogP contribution in [0, 0.1) is 10.1 Å². The van der Waals surface area contributed by atoms with Crippen molar-refractivity contribution in [3.05, 3.63) is 70.3 Å². The fourth-order valence-corrected chi connectivity index (χ4v) is 2.35. The first-order valence-electron chi connectivity index (χ1n) is 7.90. The van der Waals surface area contributed by atoms with Crippen LogP contribution >= 0.6 is 0 Å². The van der Waals surface area contributed by atoms with Gasteiger partial charge in [0.15, 0.2) is 0 Å². The highest BCUT2D eigenvalue weighted by atomic mass is 16.6. The molecule has 1 N–H and O–H groups in total. The van der Waals surface area contributed by atoms with Gasteiger partial charge in [0.2, 0.25) is 0 Å². The van der Waals surface area contributed by atoms with E-state index in [1.807, 2.05) is 25.1 Å². The number of hydrogen-bond donors (Lipinski definition) is 1. The normalized spacial score (nSPS) is 12.1. The quantitative estimate of drug-likeness (QED) is 0.565. The van der Waals surface area contributed by atoms with Crippen LogP contribution in [0.15, 0.2) is 54.6 Å². The summed E-state index contributed by atoms with van der Waals surface area (Å²) in [5, 5.41) is 20.8. The number of non-ortho nitro benzene ring substituents is 1. The summed E-state index contributed by atoms with van der Waals surface area (Å²) in [7, 11) is 0. The number of rotatable bonds is 9. The summed E-state index contributed by atoms with van der Waals surface area (Å²) in [6, 6.07) is 15.9. The third-order valence-corrected chi connectivity index (χ3v) is 3.66. The zero-order valence-corrected chi connectivity index (χ0v) is 13.7. The zero-order valence-electron chi connectivity index (χ0n) is 13.7. The molecule has 0 saturated heterocycles. The maximum Gasteiger partial charge on any atom is 0.269 e. The van der Waals surface area contributed by atoms with Crippen molar-refractivity contribution in [3.8, 4) is 5.75 Å². The van der Waals surface area contributed by atoms with E-state index < -0.39 is 11.0 Å². The molecule has 6 heteroatoms. The minimum absolute atomic E-state index is 0.0166. The second-order valence-corrected chi connectivity index (χ2v) is 5.53. The fraction of sp³-hybridized carbons (Fsp3) is 0.333. The number of hydrogen-bond acceptors (Lipinski definition) is 5. The molecule has 1 unspecified atom stereocenters. The third kappa shape index (κ3) is 5.64. The van der Waals surface area contributed by atoms with Crippen molar-refractivity contribution in [2.75, 3.05) is 19.7 Å². The van der Waals surface area contributed by atoms with Crippen molar-refractivity contribution in [2.45, 2.75) is 19.6 Å². The predicted octanol–water partition coefficient (Wildman–Crippen LogP) is 2.86. The molecule has 0 radical (unpaired) electrons. The van der Waals surface area contributed by atoms with E-state index in [2.05, 4.69) is 17.0 Å². The number of nitrogens with zero attached hydrogens (tertiary/aromatic N) is 2. The minimum Gasteiger partial charge on any atom is -0.491 e. The summed E-state index contributed by atoms with van der Waals surface area (Å²) in [5.74, 6) is 0.505. The summed E-state index contributed by atoms with van der Waals surface area (Å²) in [6.07, 6.45) is -0.635. The maximum atomic E-state index is 10.6. The molecule has 2 rings (SSSR count). The van der Waals surface area contributed by atoms with Gasteiger partial charge in [0.05, 0.1) is 4.92 Å². The van der Waals surface area contributed by atoms with Gasteiger partial charge in [-0.05, 0) is 24.2 Å². The molecule has 0 aliphatic rings. The molecule has 0 saturated carbocycles. The smallest absolute Gasteiger partial charge is 0.269 e. The lowest BCUT2D eigenvalue weighted by atomic mass is 10.2. The van der Waals surface area contributed by atoms with E-state index in [4.69, 9.17) is 4.74 Å². The van der Waals surface area contributed by atoms with Gasteiger partial charge >= 0.3 is 0 Å². The first kappa shape index (κ1) is 17.9. The summed E-state index contributed by atoms with van der Waals surface area (Å²) < 4.78 is 5.50. The molecule has 0 aromatic heterocycles. The van der Waals surface area contributed by atoms with Crippen LogP contribution in [0.5, 0.6) is 5.75 Å². The van der Waals surface area contributed by atoms with E-state index in [0.717, 1.165) is 13.1 Å². The molecule has 2 aromatic carbocycles. The van der Waals surface area contributed by atoms with Crippen LogP contribution in [0.3, 0.4) is 0 Å². The van der Waals surface area contributed by atoms with Gasteiger partial charge < -0.3 is 9.84 Å². The Bertz CT molecular complexity index is 631. The van der Waals surface area contributed by atoms with Gasteiger partial charge in [0, 0.05) is 25.2 Å². The van der Waals surface area contributed by atoms with Crippen LogP contribution in [-0.2, 0) is 6.54 Å². The van der Waals surface area contributed by atoms with Crippen LogP contribution in [0.2, 0.25) is 0 Å². The van der Waals surface area contributed by atoms with Crippen molar-refractivity contribution in [1.82, 2.24) is 4.90 Å². The van der Waals surface area contributed by atoms with E-state index in [0.29, 0.717) is 12.3 Å². The van der Waals surface area contributed by atoms with Crippen LogP contribution in [-0.4, -0.2) is 40.7 Å². The van der Waals surface area contributed by atoms with Gasteiger partial charge in [-0.15, -0.1) is 0 Å².